The van der Waals surface area contributed by atoms with Gasteiger partial charge in [-0.1, -0.05) is 46.4 Å². The van der Waals surface area contributed by atoms with Gasteiger partial charge < -0.3 is 4.90 Å². The zero-order valence-electron chi connectivity index (χ0n) is 13.4. The summed E-state index contributed by atoms with van der Waals surface area (Å²) in [5, 5.41) is -0.256. The van der Waals surface area contributed by atoms with Crippen LogP contribution in [0, 0.1) is 0 Å². The minimum atomic E-state index is -3.34. The van der Waals surface area contributed by atoms with E-state index in [-0.39, 0.29) is 30.8 Å². The molecule has 0 saturated carbocycles. The van der Waals surface area contributed by atoms with Crippen molar-refractivity contribution in [1.82, 2.24) is 4.98 Å². The molecule has 138 valence electrons. The number of pyridine rings is 1. The van der Waals surface area contributed by atoms with Crippen LogP contribution in [0.2, 0.25) is 20.2 Å². The van der Waals surface area contributed by atoms with E-state index in [1.54, 1.807) is 12.1 Å². The highest BCUT2D eigenvalue weighted by atomic mass is 35.5. The van der Waals surface area contributed by atoms with Gasteiger partial charge in [0, 0.05) is 18.5 Å². The smallest absolute Gasteiger partial charge is 0.278 e. The maximum Gasteiger partial charge on any atom is 0.278 e. The number of hydrogen-bond acceptors (Lipinski definition) is 4. The van der Waals surface area contributed by atoms with Gasteiger partial charge in [0.2, 0.25) is 0 Å². The number of halogens is 4. The van der Waals surface area contributed by atoms with Crippen molar-refractivity contribution < 1.29 is 13.2 Å². The Bertz CT molecular complexity index is 1020. The molecule has 0 atom stereocenters. The third kappa shape index (κ3) is 3.53. The van der Waals surface area contributed by atoms with Crippen LogP contribution in [0.25, 0.3) is 0 Å². The first-order valence-electron chi connectivity index (χ1n) is 7.46. The molecule has 0 unspecified atom stereocenters. The van der Waals surface area contributed by atoms with Crippen molar-refractivity contribution in [3.05, 3.63) is 49.7 Å². The largest absolute Gasteiger partial charge is 0.307 e. The average Bonchev–Trinajstić information content (AvgIpc) is 2.60. The Balaban J connectivity index is 2.07. The number of nitrogens with zero attached hydrogens (tertiary/aromatic N) is 2. The first-order chi connectivity index (χ1) is 12.1. The number of fused-ring (bicyclic) bond motifs is 1. The van der Waals surface area contributed by atoms with Crippen molar-refractivity contribution in [2.45, 2.75) is 17.7 Å². The van der Waals surface area contributed by atoms with Gasteiger partial charge in [-0.15, -0.1) is 0 Å². The number of anilines is 1. The molecule has 0 bridgehead atoms. The Hall–Kier alpha value is -1.05. The molecule has 1 aliphatic heterocycles. The van der Waals surface area contributed by atoms with Gasteiger partial charge in [0.15, 0.2) is 15.5 Å². The molecule has 0 radical (unpaired) electrons. The summed E-state index contributed by atoms with van der Waals surface area (Å²) in [4.78, 5) is 18.6. The Morgan fingerprint density at radius 1 is 1.12 bits per heavy atom. The zero-order valence-corrected chi connectivity index (χ0v) is 17.2. The quantitative estimate of drug-likeness (QED) is 0.618. The third-order valence-corrected chi connectivity index (χ3v) is 6.82. The highest BCUT2D eigenvalue weighted by molar-refractivity contribution is 7.90. The fourth-order valence-electron chi connectivity index (χ4n) is 2.77. The predicted octanol–water partition coefficient (Wildman–Crippen LogP) is 4.69. The van der Waals surface area contributed by atoms with Crippen molar-refractivity contribution in [1.29, 1.82) is 0 Å². The van der Waals surface area contributed by atoms with Crippen molar-refractivity contribution in [3.63, 3.8) is 0 Å². The van der Waals surface area contributed by atoms with Crippen molar-refractivity contribution in [2.24, 2.45) is 0 Å². The highest BCUT2D eigenvalue weighted by Crippen LogP contribution is 2.38. The monoisotopic (exact) mass is 452 g/mol. The molecular weight excluding hydrogens is 442 g/mol. The van der Waals surface area contributed by atoms with Gasteiger partial charge in [-0.25, -0.2) is 13.4 Å². The average molecular weight is 454 g/mol. The zero-order chi connectivity index (χ0) is 19.2. The van der Waals surface area contributed by atoms with E-state index in [1.807, 2.05) is 0 Å². The van der Waals surface area contributed by atoms with E-state index >= 15 is 0 Å². The molecule has 1 aliphatic rings. The second-order valence-corrected chi connectivity index (χ2v) is 9.32. The SMILES string of the molecule is CS(=O)(=O)c1ccc2c(c1)CCCN2C(=O)c1nc(Cl)c(Cl)c(Cl)c1Cl. The molecule has 2 heterocycles. The first-order valence-corrected chi connectivity index (χ1v) is 10.9. The van der Waals surface area contributed by atoms with Crippen LogP contribution in [0.15, 0.2) is 23.1 Å². The summed E-state index contributed by atoms with van der Waals surface area (Å²) >= 11 is 24.0. The number of aryl methyl sites for hydroxylation is 1. The number of benzene rings is 1. The molecule has 0 spiro atoms. The number of amides is 1. The Morgan fingerprint density at radius 2 is 1.81 bits per heavy atom. The van der Waals surface area contributed by atoms with Gasteiger partial charge in [-0.2, -0.15) is 0 Å². The molecule has 1 aromatic carbocycles. The fourth-order valence-corrected chi connectivity index (χ4v) is 4.25. The van der Waals surface area contributed by atoms with E-state index in [0.29, 0.717) is 25.1 Å². The van der Waals surface area contributed by atoms with E-state index < -0.39 is 15.7 Å². The molecule has 10 heteroatoms. The number of aromatic nitrogens is 1. The molecule has 0 saturated heterocycles. The minimum absolute atomic E-state index is 0.0216. The van der Waals surface area contributed by atoms with Crippen LogP contribution >= 0.6 is 46.4 Å². The summed E-state index contributed by atoms with van der Waals surface area (Å²) in [5.41, 5.74) is 1.26. The molecule has 2 aromatic rings. The molecule has 26 heavy (non-hydrogen) atoms. The molecule has 1 amide bonds. The van der Waals surface area contributed by atoms with E-state index in [4.69, 9.17) is 46.4 Å². The van der Waals surface area contributed by atoms with Gasteiger partial charge in [-0.3, -0.25) is 4.79 Å². The number of carbonyl (C=O) groups is 1. The highest BCUT2D eigenvalue weighted by Gasteiger charge is 2.29. The standard InChI is InChI=1S/C16H12Cl4N2O3S/c1-26(24,25)9-4-5-10-8(7-9)3-2-6-22(10)16(23)14-12(18)11(17)13(19)15(20)21-14/h4-5,7H,2-3,6H2,1H3. The molecule has 0 N–H and O–H groups in total. The van der Waals surface area contributed by atoms with Crippen LogP contribution in [0.1, 0.15) is 22.5 Å². The van der Waals surface area contributed by atoms with Crippen LogP contribution in [-0.4, -0.2) is 32.1 Å². The third-order valence-electron chi connectivity index (χ3n) is 4.03. The molecule has 5 nitrogen and oxygen atoms in total. The Morgan fingerprint density at radius 3 is 2.46 bits per heavy atom. The van der Waals surface area contributed by atoms with Crippen LogP contribution in [0.3, 0.4) is 0 Å². The maximum atomic E-state index is 13.0. The summed E-state index contributed by atoms with van der Waals surface area (Å²) in [6.07, 6.45) is 2.46. The number of sulfone groups is 1. The molecular formula is C16H12Cl4N2O3S. The lowest BCUT2D eigenvalue weighted by molar-refractivity contribution is 0.0980. The topological polar surface area (TPSA) is 67.3 Å². The van der Waals surface area contributed by atoms with Gasteiger partial charge in [0.05, 0.1) is 20.0 Å². The van der Waals surface area contributed by atoms with Crippen LogP contribution in [-0.2, 0) is 16.3 Å². The van der Waals surface area contributed by atoms with Crippen LogP contribution < -0.4 is 4.90 Å². The molecule has 1 aromatic heterocycles. The predicted molar refractivity (Wildman–Crippen MR) is 104 cm³/mol. The molecule has 0 aliphatic carbocycles. The fraction of sp³-hybridized carbons (Fsp3) is 0.250. The van der Waals surface area contributed by atoms with E-state index in [1.165, 1.54) is 11.0 Å². The summed E-state index contributed by atoms with van der Waals surface area (Å²) in [7, 11) is -3.34. The van der Waals surface area contributed by atoms with Crippen molar-refractivity contribution >= 4 is 67.8 Å². The van der Waals surface area contributed by atoms with Crippen LogP contribution in [0.4, 0.5) is 5.69 Å². The van der Waals surface area contributed by atoms with Gasteiger partial charge in [0.1, 0.15) is 5.15 Å². The molecule has 0 fully saturated rings. The second kappa shape index (κ2) is 7.17. The lowest BCUT2D eigenvalue weighted by Crippen LogP contribution is -2.36. The minimum Gasteiger partial charge on any atom is -0.307 e. The van der Waals surface area contributed by atoms with Crippen molar-refractivity contribution in [3.8, 4) is 0 Å². The number of carbonyl (C=O) groups excluding carboxylic acids is 1. The van der Waals surface area contributed by atoms with Gasteiger partial charge >= 0.3 is 0 Å². The second-order valence-electron chi connectivity index (χ2n) is 5.82. The summed E-state index contributed by atoms with van der Waals surface area (Å²) in [6, 6.07) is 4.66. The lowest BCUT2D eigenvalue weighted by Gasteiger charge is -2.30. The van der Waals surface area contributed by atoms with E-state index in [9.17, 15) is 13.2 Å². The molecule has 3 rings (SSSR count). The van der Waals surface area contributed by atoms with E-state index in [0.717, 1.165) is 11.8 Å². The number of hydrogen-bond donors (Lipinski definition) is 0. The van der Waals surface area contributed by atoms with Crippen LogP contribution in [0.5, 0.6) is 0 Å². The summed E-state index contributed by atoms with van der Waals surface area (Å²) < 4.78 is 23.5. The normalized spacial score (nSPS) is 14.3. The maximum absolute atomic E-state index is 13.0. The Labute approximate surface area is 170 Å². The Kier molecular flexibility index (Phi) is 5.43. The van der Waals surface area contributed by atoms with Gasteiger partial charge in [0.25, 0.3) is 5.91 Å². The summed E-state index contributed by atoms with van der Waals surface area (Å²) in [6.45, 7) is 0.430. The lowest BCUT2D eigenvalue weighted by atomic mass is 10.0. The first kappa shape index (κ1) is 19.7. The van der Waals surface area contributed by atoms with E-state index in [2.05, 4.69) is 4.98 Å². The van der Waals surface area contributed by atoms with Gasteiger partial charge in [-0.05, 0) is 36.6 Å². The number of rotatable bonds is 2. The summed E-state index contributed by atoms with van der Waals surface area (Å²) in [5.74, 6) is -0.483. The van der Waals surface area contributed by atoms with Crippen molar-refractivity contribution in [2.75, 3.05) is 17.7 Å².